The molecule has 1 aromatic rings. The molecule has 2 aliphatic rings. The molecule has 0 aromatic heterocycles. The standard InChI is InChI=1S/C16H19F4N3O2/c17-15(18)25-13-4-2-1-3-12(13)23-6-5-10(8-23)22-14(24)11-7-16(19,20)9-21-11/h1-4,10-11,15,21H,5-9H2,(H,22,24). The Hall–Kier alpha value is -2.03. The van der Waals surface area contributed by atoms with E-state index < -0.39 is 37.4 Å². The smallest absolute Gasteiger partial charge is 0.387 e. The molecular formula is C16H19F4N3O2. The van der Waals surface area contributed by atoms with Crippen LogP contribution in [0.25, 0.3) is 0 Å². The molecule has 0 radical (unpaired) electrons. The summed E-state index contributed by atoms with van der Waals surface area (Å²) in [5.41, 5.74) is 0.519. The topological polar surface area (TPSA) is 53.6 Å². The molecule has 0 saturated carbocycles. The van der Waals surface area contributed by atoms with E-state index >= 15 is 0 Å². The van der Waals surface area contributed by atoms with E-state index in [1.807, 2.05) is 4.90 Å². The van der Waals surface area contributed by atoms with Gasteiger partial charge in [0.15, 0.2) is 0 Å². The Morgan fingerprint density at radius 1 is 1.36 bits per heavy atom. The summed E-state index contributed by atoms with van der Waals surface area (Å²) in [7, 11) is 0. The van der Waals surface area contributed by atoms with Crippen LogP contribution < -0.4 is 20.3 Å². The molecule has 5 nitrogen and oxygen atoms in total. The summed E-state index contributed by atoms with van der Waals surface area (Å²) >= 11 is 0. The number of alkyl halides is 4. The van der Waals surface area contributed by atoms with Crippen LogP contribution in [0.5, 0.6) is 5.75 Å². The van der Waals surface area contributed by atoms with E-state index in [0.717, 1.165) is 0 Å². The first kappa shape index (κ1) is 17.8. The summed E-state index contributed by atoms with van der Waals surface area (Å²) in [5, 5.41) is 5.27. The van der Waals surface area contributed by atoms with Gasteiger partial charge in [0.05, 0.1) is 18.3 Å². The summed E-state index contributed by atoms with van der Waals surface area (Å²) < 4.78 is 55.9. The fourth-order valence-electron chi connectivity index (χ4n) is 3.21. The molecule has 2 saturated heterocycles. The fraction of sp³-hybridized carbons (Fsp3) is 0.562. The van der Waals surface area contributed by atoms with Crippen LogP contribution in [0.1, 0.15) is 12.8 Å². The molecular weight excluding hydrogens is 342 g/mol. The Morgan fingerprint density at radius 3 is 2.80 bits per heavy atom. The van der Waals surface area contributed by atoms with Gasteiger partial charge in [-0.15, -0.1) is 0 Å². The maximum Gasteiger partial charge on any atom is 0.387 e. The minimum absolute atomic E-state index is 0.0709. The van der Waals surface area contributed by atoms with Crippen molar-refractivity contribution in [3.63, 3.8) is 0 Å². The molecule has 25 heavy (non-hydrogen) atoms. The molecule has 0 aliphatic carbocycles. The Bertz CT molecular complexity index is 629. The monoisotopic (exact) mass is 361 g/mol. The highest BCUT2D eigenvalue weighted by molar-refractivity contribution is 5.82. The van der Waals surface area contributed by atoms with Crippen LogP contribution in [-0.2, 0) is 4.79 Å². The molecule has 0 bridgehead atoms. The van der Waals surface area contributed by atoms with Crippen LogP contribution in [0.2, 0.25) is 0 Å². The predicted molar refractivity (Wildman–Crippen MR) is 83.2 cm³/mol. The Morgan fingerprint density at radius 2 is 2.12 bits per heavy atom. The van der Waals surface area contributed by atoms with Gasteiger partial charge in [-0.1, -0.05) is 12.1 Å². The number of benzene rings is 1. The molecule has 1 aromatic carbocycles. The van der Waals surface area contributed by atoms with Gasteiger partial charge in [-0.05, 0) is 18.6 Å². The summed E-state index contributed by atoms with van der Waals surface area (Å²) in [6, 6.07) is 5.30. The first-order chi connectivity index (χ1) is 11.8. The molecule has 138 valence electrons. The second-order valence-corrected chi connectivity index (χ2v) is 6.28. The third-order valence-electron chi connectivity index (χ3n) is 4.38. The van der Waals surface area contributed by atoms with Crippen molar-refractivity contribution in [2.24, 2.45) is 0 Å². The van der Waals surface area contributed by atoms with E-state index in [-0.39, 0.29) is 11.8 Å². The van der Waals surface area contributed by atoms with E-state index in [1.165, 1.54) is 6.07 Å². The lowest BCUT2D eigenvalue weighted by Gasteiger charge is -2.22. The van der Waals surface area contributed by atoms with Crippen LogP contribution in [0.4, 0.5) is 23.2 Å². The van der Waals surface area contributed by atoms with E-state index in [2.05, 4.69) is 15.4 Å². The Kier molecular flexibility index (Phi) is 5.03. The van der Waals surface area contributed by atoms with Gasteiger partial charge >= 0.3 is 6.61 Å². The van der Waals surface area contributed by atoms with Crippen molar-refractivity contribution in [3.8, 4) is 5.75 Å². The number of hydrogen-bond acceptors (Lipinski definition) is 4. The minimum Gasteiger partial charge on any atom is -0.433 e. The van der Waals surface area contributed by atoms with Crippen LogP contribution in [0, 0.1) is 0 Å². The van der Waals surface area contributed by atoms with Crippen molar-refractivity contribution in [2.75, 3.05) is 24.5 Å². The number of ether oxygens (including phenoxy) is 1. The molecule has 2 heterocycles. The average Bonchev–Trinajstić information content (AvgIpc) is 3.13. The highest BCUT2D eigenvalue weighted by atomic mass is 19.3. The molecule has 3 rings (SSSR count). The van der Waals surface area contributed by atoms with Crippen molar-refractivity contribution in [1.82, 2.24) is 10.6 Å². The third kappa shape index (κ3) is 4.33. The fourth-order valence-corrected chi connectivity index (χ4v) is 3.21. The maximum atomic E-state index is 13.2. The number of amides is 1. The molecule has 2 N–H and O–H groups in total. The zero-order chi connectivity index (χ0) is 18.0. The van der Waals surface area contributed by atoms with Gasteiger partial charge in [0.2, 0.25) is 5.91 Å². The van der Waals surface area contributed by atoms with Crippen molar-refractivity contribution in [2.45, 2.75) is 37.5 Å². The number of halogens is 4. The maximum absolute atomic E-state index is 13.2. The molecule has 2 unspecified atom stereocenters. The van der Waals surface area contributed by atoms with Gasteiger partial charge in [-0.25, -0.2) is 8.78 Å². The quantitative estimate of drug-likeness (QED) is 0.788. The Balaban J connectivity index is 1.58. The molecule has 2 fully saturated rings. The van der Waals surface area contributed by atoms with Gasteiger partial charge < -0.3 is 15.0 Å². The zero-order valence-corrected chi connectivity index (χ0v) is 13.4. The first-order valence-corrected chi connectivity index (χ1v) is 8.04. The van der Waals surface area contributed by atoms with Crippen molar-refractivity contribution in [3.05, 3.63) is 24.3 Å². The average molecular weight is 361 g/mol. The number of nitrogens with zero attached hydrogens (tertiary/aromatic N) is 1. The van der Waals surface area contributed by atoms with E-state index in [0.29, 0.717) is 25.2 Å². The number of anilines is 1. The molecule has 2 atom stereocenters. The Labute approximate surface area is 142 Å². The number of carbonyl (C=O) groups excluding carboxylic acids is 1. The molecule has 2 aliphatic heterocycles. The lowest BCUT2D eigenvalue weighted by atomic mass is 10.1. The normalized spacial score (nSPS) is 25.4. The summed E-state index contributed by atoms with van der Waals surface area (Å²) in [6.07, 6.45) is 0.0815. The van der Waals surface area contributed by atoms with Crippen LogP contribution >= 0.6 is 0 Å². The zero-order valence-electron chi connectivity index (χ0n) is 13.4. The van der Waals surface area contributed by atoms with Gasteiger partial charge in [0, 0.05) is 25.6 Å². The SMILES string of the molecule is O=C(NC1CCN(c2ccccc2OC(F)F)C1)C1CC(F)(F)CN1. The van der Waals surface area contributed by atoms with Crippen LogP contribution in [-0.4, -0.2) is 50.2 Å². The lowest BCUT2D eigenvalue weighted by molar-refractivity contribution is -0.124. The van der Waals surface area contributed by atoms with Gasteiger partial charge in [0.25, 0.3) is 5.92 Å². The number of para-hydroxylation sites is 2. The molecule has 1 amide bonds. The highest BCUT2D eigenvalue weighted by Crippen LogP contribution is 2.32. The van der Waals surface area contributed by atoms with E-state index in [4.69, 9.17) is 0 Å². The largest absolute Gasteiger partial charge is 0.433 e. The lowest BCUT2D eigenvalue weighted by Crippen LogP contribution is -2.46. The van der Waals surface area contributed by atoms with Gasteiger partial charge in [-0.3, -0.25) is 10.1 Å². The van der Waals surface area contributed by atoms with Crippen molar-refractivity contribution in [1.29, 1.82) is 0 Å². The number of rotatable bonds is 5. The van der Waals surface area contributed by atoms with E-state index in [9.17, 15) is 22.4 Å². The summed E-state index contributed by atoms with van der Waals surface area (Å²) in [6.45, 7) is -2.48. The second kappa shape index (κ2) is 7.07. The highest BCUT2D eigenvalue weighted by Gasteiger charge is 2.42. The van der Waals surface area contributed by atoms with Crippen molar-refractivity contribution >= 4 is 11.6 Å². The van der Waals surface area contributed by atoms with Gasteiger partial charge in [-0.2, -0.15) is 8.78 Å². The molecule has 9 heteroatoms. The number of carbonyl (C=O) groups is 1. The first-order valence-electron chi connectivity index (χ1n) is 8.04. The molecule has 0 spiro atoms. The van der Waals surface area contributed by atoms with Crippen molar-refractivity contribution < 1.29 is 27.1 Å². The second-order valence-electron chi connectivity index (χ2n) is 6.28. The van der Waals surface area contributed by atoms with E-state index in [1.54, 1.807) is 18.2 Å². The minimum atomic E-state index is -2.92. The predicted octanol–water partition coefficient (Wildman–Crippen LogP) is 1.98. The van der Waals surface area contributed by atoms with Gasteiger partial charge in [0.1, 0.15) is 5.75 Å². The van der Waals surface area contributed by atoms with Crippen LogP contribution in [0.3, 0.4) is 0 Å². The third-order valence-corrected chi connectivity index (χ3v) is 4.38. The number of hydrogen-bond donors (Lipinski definition) is 2. The summed E-state index contributed by atoms with van der Waals surface area (Å²) in [5.74, 6) is -3.25. The number of nitrogens with one attached hydrogen (secondary N) is 2. The summed E-state index contributed by atoms with van der Waals surface area (Å²) in [4.78, 5) is 13.9. The van der Waals surface area contributed by atoms with Crippen LogP contribution in [0.15, 0.2) is 24.3 Å².